The van der Waals surface area contributed by atoms with Crippen molar-refractivity contribution in [2.75, 3.05) is 11.9 Å². The van der Waals surface area contributed by atoms with Crippen LogP contribution < -0.4 is 10.6 Å². The van der Waals surface area contributed by atoms with Crippen LogP contribution in [0.2, 0.25) is 5.02 Å². The van der Waals surface area contributed by atoms with Crippen LogP contribution in [0.5, 0.6) is 0 Å². The van der Waals surface area contributed by atoms with Gasteiger partial charge in [0.25, 0.3) is 5.91 Å². The van der Waals surface area contributed by atoms with Gasteiger partial charge in [0.05, 0.1) is 10.6 Å². The third kappa shape index (κ3) is 3.40. The Hall–Kier alpha value is -3.37. The first kappa shape index (κ1) is 19.9. The lowest BCUT2D eigenvalue weighted by atomic mass is 9.89. The van der Waals surface area contributed by atoms with E-state index in [9.17, 15) is 14.4 Å². The molecule has 2 aromatic rings. The summed E-state index contributed by atoms with van der Waals surface area (Å²) in [5.74, 6) is -1.02. The molecule has 8 heteroatoms. The molecule has 0 spiro atoms. The maximum Gasteiger partial charge on any atom is 0.325 e. The highest BCUT2D eigenvalue weighted by molar-refractivity contribution is 6.32. The molecule has 4 rings (SSSR count). The molecule has 1 aliphatic heterocycles. The summed E-state index contributed by atoms with van der Waals surface area (Å²) in [6.07, 6.45) is 3.07. The number of urea groups is 1. The average molecular weight is 423 g/mol. The van der Waals surface area contributed by atoms with Gasteiger partial charge in [0.1, 0.15) is 18.2 Å². The molecule has 0 saturated carbocycles. The lowest BCUT2D eigenvalue weighted by Gasteiger charge is -2.23. The molecule has 2 aliphatic rings. The zero-order chi connectivity index (χ0) is 21.5. The number of rotatable bonds is 4. The zero-order valence-electron chi connectivity index (χ0n) is 16.3. The van der Waals surface area contributed by atoms with E-state index < -0.39 is 29.9 Å². The summed E-state index contributed by atoms with van der Waals surface area (Å²) >= 11 is 5.97. The fourth-order valence-corrected chi connectivity index (χ4v) is 4.17. The molecule has 1 atom stereocenters. The van der Waals surface area contributed by atoms with Crippen molar-refractivity contribution >= 4 is 35.1 Å². The van der Waals surface area contributed by atoms with Crippen LogP contribution in [-0.4, -0.2) is 29.3 Å². The van der Waals surface area contributed by atoms with Crippen LogP contribution in [0, 0.1) is 11.3 Å². The number of hydrogen-bond donors (Lipinski definition) is 2. The molecule has 0 aromatic heterocycles. The Labute approximate surface area is 178 Å². The second-order valence-corrected chi connectivity index (χ2v) is 8.05. The van der Waals surface area contributed by atoms with E-state index in [0.29, 0.717) is 11.3 Å². The van der Waals surface area contributed by atoms with Gasteiger partial charge in [-0.15, -0.1) is 0 Å². The average Bonchev–Trinajstić information content (AvgIpc) is 3.26. The van der Waals surface area contributed by atoms with Gasteiger partial charge < -0.3 is 10.6 Å². The van der Waals surface area contributed by atoms with Crippen LogP contribution in [-0.2, 0) is 28.0 Å². The van der Waals surface area contributed by atoms with Gasteiger partial charge in [0.15, 0.2) is 0 Å². The van der Waals surface area contributed by atoms with Crippen molar-refractivity contribution in [2.24, 2.45) is 0 Å². The molecular formula is C22H19ClN4O3. The number of carbonyl (C=O) groups excluding carboxylic acids is 3. The Morgan fingerprint density at radius 1 is 1.23 bits per heavy atom. The number of halogens is 1. The SMILES string of the molecule is CC1(c2ccc3c(c2)CCC3)NC(=O)N(CC(=O)Nc2ccc(C#N)c(Cl)c2)C1=O. The normalized spacial score (nSPS) is 20.0. The van der Waals surface area contributed by atoms with Crippen LogP contribution >= 0.6 is 11.6 Å². The molecule has 1 fully saturated rings. The molecule has 2 aromatic carbocycles. The number of anilines is 1. The monoisotopic (exact) mass is 422 g/mol. The molecule has 0 bridgehead atoms. The molecule has 1 heterocycles. The molecular weight excluding hydrogens is 404 g/mol. The number of benzene rings is 2. The Morgan fingerprint density at radius 2 is 2.00 bits per heavy atom. The van der Waals surface area contributed by atoms with Gasteiger partial charge in [0, 0.05) is 5.69 Å². The quantitative estimate of drug-likeness (QED) is 0.739. The topological polar surface area (TPSA) is 102 Å². The van der Waals surface area contributed by atoms with Gasteiger partial charge in [0.2, 0.25) is 5.91 Å². The number of fused-ring (bicyclic) bond motifs is 1. The van der Waals surface area contributed by atoms with Crippen molar-refractivity contribution in [1.29, 1.82) is 5.26 Å². The van der Waals surface area contributed by atoms with Gasteiger partial charge >= 0.3 is 6.03 Å². The summed E-state index contributed by atoms with van der Waals surface area (Å²) < 4.78 is 0. The summed E-state index contributed by atoms with van der Waals surface area (Å²) in [4.78, 5) is 38.9. The predicted molar refractivity (Wildman–Crippen MR) is 111 cm³/mol. The fourth-order valence-electron chi connectivity index (χ4n) is 3.95. The first-order valence-electron chi connectivity index (χ1n) is 9.58. The van der Waals surface area contributed by atoms with E-state index in [1.807, 2.05) is 24.3 Å². The van der Waals surface area contributed by atoms with E-state index in [0.717, 1.165) is 24.2 Å². The van der Waals surface area contributed by atoms with Crippen molar-refractivity contribution < 1.29 is 14.4 Å². The number of amides is 4. The number of nitrogens with one attached hydrogen (secondary N) is 2. The van der Waals surface area contributed by atoms with E-state index in [4.69, 9.17) is 16.9 Å². The molecule has 4 amide bonds. The molecule has 0 radical (unpaired) electrons. The van der Waals surface area contributed by atoms with Gasteiger partial charge in [-0.3, -0.25) is 14.5 Å². The summed E-state index contributed by atoms with van der Waals surface area (Å²) in [5.41, 5.74) is 2.63. The highest BCUT2D eigenvalue weighted by Crippen LogP contribution is 2.32. The summed E-state index contributed by atoms with van der Waals surface area (Å²) in [6.45, 7) is 1.23. The van der Waals surface area contributed by atoms with Gasteiger partial charge in [-0.1, -0.05) is 29.8 Å². The van der Waals surface area contributed by atoms with E-state index >= 15 is 0 Å². The van der Waals surface area contributed by atoms with Crippen molar-refractivity contribution in [3.8, 4) is 6.07 Å². The summed E-state index contributed by atoms with van der Waals surface area (Å²) in [5, 5.41) is 14.5. The summed E-state index contributed by atoms with van der Waals surface area (Å²) in [7, 11) is 0. The Bertz CT molecular complexity index is 1120. The fraction of sp³-hybridized carbons (Fsp3) is 0.273. The largest absolute Gasteiger partial charge is 0.325 e. The van der Waals surface area contributed by atoms with Crippen molar-refractivity contribution in [3.05, 3.63) is 63.7 Å². The van der Waals surface area contributed by atoms with Gasteiger partial charge in [-0.05, 0) is 61.1 Å². The molecule has 30 heavy (non-hydrogen) atoms. The lowest BCUT2D eigenvalue weighted by Crippen LogP contribution is -2.42. The minimum absolute atomic E-state index is 0.203. The van der Waals surface area contributed by atoms with Crippen LogP contribution in [0.3, 0.4) is 0 Å². The third-order valence-electron chi connectivity index (χ3n) is 5.63. The second kappa shape index (κ2) is 7.47. The standard InChI is InChI=1S/C22H19ClN4O3/c1-22(16-7-5-13-3-2-4-14(13)9-16)20(29)27(21(30)26-22)12-19(28)25-17-8-6-15(11-24)18(23)10-17/h5-10H,2-4,12H2,1H3,(H,25,28)(H,26,30). The molecule has 7 nitrogen and oxygen atoms in total. The molecule has 1 unspecified atom stereocenters. The highest BCUT2D eigenvalue weighted by Gasteiger charge is 2.49. The van der Waals surface area contributed by atoms with Crippen molar-refractivity contribution in [2.45, 2.75) is 31.7 Å². The number of nitrogens with zero attached hydrogens (tertiary/aromatic N) is 2. The van der Waals surface area contributed by atoms with E-state index in [1.165, 1.54) is 29.3 Å². The molecule has 1 aliphatic carbocycles. The van der Waals surface area contributed by atoms with E-state index in [1.54, 1.807) is 6.92 Å². The van der Waals surface area contributed by atoms with Crippen LogP contribution in [0.4, 0.5) is 10.5 Å². The highest BCUT2D eigenvalue weighted by atomic mass is 35.5. The molecule has 1 saturated heterocycles. The first-order valence-corrected chi connectivity index (χ1v) is 9.95. The first-order chi connectivity index (χ1) is 14.3. The molecule has 2 N–H and O–H groups in total. The Balaban J connectivity index is 1.49. The van der Waals surface area contributed by atoms with E-state index in [-0.39, 0.29) is 10.6 Å². The minimum atomic E-state index is -1.22. The van der Waals surface area contributed by atoms with Crippen LogP contribution in [0.25, 0.3) is 0 Å². The molecule has 152 valence electrons. The number of nitriles is 1. The third-order valence-corrected chi connectivity index (χ3v) is 5.94. The lowest BCUT2D eigenvalue weighted by molar-refractivity contribution is -0.133. The predicted octanol–water partition coefficient (Wildman–Crippen LogP) is 3.11. The van der Waals surface area contributed by atoms with Crippen LogP contribution in [0.1, 0.15) is 35.6 Å². The number of carbonyl (C=O) groups is 3. The second-order valence-electron chi connectivity index (χ2n) is 7.64. The maximum atomic E-state index is 13.1. The minimum Gasteiger partial charge on any atom is -0.324 e. The van der Waals surface area contributed by atoms with E-state index in [2.05, 4.69) is 10.6 Å². The van der Waals surface area contributed by atoms with Gasteiger partial charge in [-0.25, -0.2) is 4.79 Å². The number of imide groups is 1. The van der Waals surface area contributed by atoms with Crippen molar-refractivity contribution in [3.63, 3.8) is 0 Å². The number of hydrogen-bond acceptors (Lipinski definition) is 4. The van der Waals surface area contributed by atoms with Crippen molar-refractivity contribution in [1.82, 2.24) is 10.2 Å². The Kier molecular flexibility index (Phi) is 4.96. The maximum absolute atomic E-state index is 13.1. The van der Waals surface area contributed by atoms with Crippen LogP contribution in [0.15, 0.2) is 36.4 Å². The zero-order valence-corrected chi connectivity index (χ0v) is 17.0. The number of aryl methyl sites for hydroxylation is 2. The Morgan fingerprint density at radius 3 is 2.73 bits per heavy atom. The smallest absolute Gasteiger partial charge is 0.324 e. The van der Waals surface area contributed by atoms with Gasteiger partial charge in [-0.2, -0.15) is 5.26 Å². The summed E-state index contributed by atoms with van der Waals surface area (Å²) in [6, 6.07) is 11.6.